The highest BCUT2D eigenvalue weighted by Gasteiger charge is 2.17. The lowest BCUT2D eigenvalue weighted by atomic mass is 10.2. The first-order chi connectivity index (χ1) is 13.4. The molecule has 0 aliphatic rings. The van der Waals surface area contributed by atoms with Crippen molar-refractivity contribution in [1.82, 2.24) is 9.97 Å². The summed E-state index contributed by atoms with van der Waals surface area (Å²) in [6, 6.07) is 8.68. The predicted molar refractivity (Wildman–Crippen MR) is 108 cm³/mol. The number of primary amides is 2. The number of amides is 2. The number of hydrogen-bond acceptors (Lipinski definition) is 8. The van der Waals surface area contributed by atoms with Gasteiger partial charge in [-0.1, -0.05) is 25.1 Å². The minimum atomic E-state index is -0.788. The number of para-hydroxylation sites is 1. The van der Waals surface area contributed by atoms with Crippen LogP contribution in [0.2, 0.25) is 0 Å². The summed E-state index contributed by atoms with van der Waals surface area (Å²) in [6.45, 7) is 1.79. The Morgan fingerprint density at radius 2 is 1.96 bits per heavy atom. The van der Waals surface area contributed by atoms with Gasteiger partial charge in [-0.05, 0) is 18.6 Å². The van der Waals surface area contributed by atoms with E-state index in [4.69, 9.17) is 16.9 Å². The highest BCUT2D eigenvalue weighted by molar-refractivity contribution is 5.97. The molecule has 2 rings (SSSR count). The first kappa shape index (κ1) is 20.4. The monoisotopic (exact) mass is 382 g/mol. The second-order valence-electron chi connectivity index (χ2n) is 5.70. The van der Waals surface area contributed by atoms with Crippen LogP contribution in [0.25, 0.3) is 0 Å². The van der Waals surface area contributed by atoms with Crippen LogP contribution in [0, 0.1) is 5.41 Å². The molecule has 8 N–H and O–H groups in total. The van der Waals surface area contributed by atoms with Gasteiger partial charge in [0.2, 0.25) is 5.91 Å². The van der Waals surface area contributed by atoms with E-state index in [1.807, 2.05) is 30.3 Å². The summed E-state index contributed by atoms with van der Waals surface area (Å²) in [5.41, 5.74) is 11.7. The molecule has 0 bridgehead atoms. The Morgan fingerprint density at radius 3 is 2.54 bits per heavy atom. The molecule has 2 aromatic rings. The Bertz CT molecular complexity index is 882. The van der Waals surface area contributed by atoms with E-state index in [1.165, 1.54) is 12.4 Å². The summed E-state index contributed by atoms with van der Waals surface area (Å²) < 4.78 is 0. The maximum Gasteiger partial charge on any atom is 0.271 e. The van der Waals surface area contributed by atoms with Crippen LogP contribution in [0.3, 0.4) is 0 Å². The van der Waals surface area contributed by atoms with Crippen LogP contribution in [0.15, 0.2) is 48.4 Å². The van der Waals surface area contributed by atoms with Crippen LogP contribution in [0.4, 0.5) is 17.3 Å². The summed E-state index contributed by atoms with van der Waals surface area (Å²) in [5, 5.41) is 16.3. The van der Waals surface area contributed by atoms with Gasteiger partial charge < -0.3 is 32.8 Å². The molecule has 1 atom stereocenters. The topological polar surface area (TPSA) is 172 Å². The second kappa shape index (κ2) is 9.67. The standard InChI is InChI=1S/C18H22N8O2/c1-2-13(16(20)27)25-14-10-23-15(17(21)28)18(26-14)24-12(8-19)9-22-11-6-4-3-5-7-11/h3-10,13,19,22H,2H2,1H3,(H2,20,27)(H2,21,28)(H2,24,25,26)/b12-9+,19-8?/t13-/m1/s1. The Kier molecular flexibility index (Phi) is 7.03. The smallest absolute Gasteiger partial charge is 0.271 e. The lowest BCUT2D eigenvalue weighted by Gasteiger charge is -2.16. The SMILES string of the molecule is CC[C@@H](Nc1cnc(C(N)=O)c(N/C(C=N)=C/Nc2ccccc2)n1)C(N)=O. The van der Waals surface area contributed by atoms with Crippen molar-refractivity contribution < 1.29 is 9.59 Å². The van der Waals surface area contributed by atoms with E-state index in [-0.39, 0.29) is 17.3 Å². The van der Waals surface area contributed by atoms with Gasteiger partial charge in [-0.15, -0.1) is 0 Å². The number of benzene rings is 1. The molecule has 0 aliphatic heterocycles. The van der Waals surface area contributed by atoms with Gasteiger partial charge in [0.1, 0.15) is 11.9 Å². The van der Waals surface area contributed by atoms with Crippen molar-refractivity contribution in [2.45, 2.75) is 19.4 Å². The molecule has 1 aromatic heterocycles. The summed E-state index contributed by atoms with van der Waals surface area (Å²) in [6.07, 6.45) is 4.31. The summed E-state index contributed by atoms with van der Waals surface area (Å²) in [5.74, 6) is -1.05. The van der Waals surface area contributed by atoms with Crippen molar-refractivity contribution in [3.8, 4) is 0 Å². The number of rotatable bonds is 10. The molecular formula is C18H22N8O2. The molecule has 10 heteroatoms. The quantitative estimate of drug-likeness (QED) is 0.336. The van der Waals surface area contributed by atoms with Crippen molar-refractivity contribution in [2.24, 2.45) is 11.5 Å². The zero-order valence-electron chi connectivity index (χ0n) is 15.3. The number of aromatic nitrogens is 2. The van der Waals surface area contributed by atoms with Gasteiger partial charge in [-0.3, -0.25) is 9.59 Å². The first-order valence-corrected chi connectivity index (χ1v) is 8.46. The third-order valence-electron chi connectivity index (χ3n) is 3.67. The molecule has 1 aromatic carbocycles. The first-order valence-electron chi connectivity index (χ1n) is 8.46. The molecule has 0 spiro atoms. The Hall–Kier alpha value is -3.95. The number of nitrogens with zero attached hydrogens (tertiary/aromatic N) is 2. The largest absolute Gasteiger partial charge is 0.368 e. The van der Waals surface area contributed by atoms with Gasteiger partial charge in [0.05, 0.1) is 11.9 Å². The van der Waals surface area contributed by atoms with Crippen molar-refractivity contribution >= 4 is 35.4 Å². The maximum absolute atomic E-state index is 11.7. The van der Waals surface area contributed by atoms with E-state index in [0.717, 1.165) is 11.9 Å². The lowest BCUT2D eigenvalue weighted by Crippen LogP contribution is -2.35. The number of hydrogen-bond donors (Lipinski definition) is 6. The number of nitrogens with two attached hydrogens (primary N) is 2. The van der Waals surface area contributed by atoms with Crippen LogP contribution in [0.1, 0.15) is 23.8 Å². The number of anilines is 3. The van der Waals surface area contributed by atoms with E-state index in [9.17, 15) is 9.59 Å². The number of carbonyl (C=O) groups excluding carboxylic acids is 2. The van der Waals surface area contributed by atoms with E-state index in [2.05, 4.69) is 25.9 Å². The normalized spacial score (nSPS) is 12.0. The van der Waals surface area contributed by atoms with Crippen LogP contribution >= 0.6 is 0 Å². The average molecular weight is 382 g/mol. The lowest BCUT2D eigenvalue weighted by molar-refractivity contribution is -0.118. The fourth-order valence-electron chi connectivity index (χ4n) is 2.23. The van der Waals surface area contributed by atoms with Gasteiger partial charge in [0, 0.05) is 18.1 Å². The fraction of sp³-hybridized carbons (Fsp3) is 0.167. The van der Waals surface area contributed by atoms with Crippen LogP contribution in [-0.2, 0) is 4.79 Å². The minimum Gasteiger partial charge on any atom is -0.368 e. The average Bonchev–Trinajstić information content (AvgIpc) is 2.69. The number of nitrogens with one attached hydrogen (secondary N) is 4. The van der Waals surface area contributed by atoms with Gasteiger partial charge >= 0.3 is 0 Å². The molecule has 146 valence electrons. The fourth-order valence-corrected chi connectivity index (χ4v) is 2.23. The molecule has 0 unspecified atom stereocenters. The van der Waals surface area contributed by atoms with Crippen LogP contribution in [-0.4, -0.2) is 34.0 Å². The molecule has 1 heterocycles. The second-order valence-corrected chi connectivity index (χ2v) is 5.70. The minimum absolute atomic E-state index is 0.0430. The van der Waals surface area contributed by atoms with E-state index < -0.39 is 17.9 Å². The summed E-state index contributed by atoms with van der Waals surface area (Å²) in [4.78, 5) is 31.3. The van der Waals surface area contributed by atoms with Crippen molar-refractivity contribution in [3.63, 3.8) is 0 Å². The zero-order valence-corrected chi connectivity index (χ0v) is 15.3. The molecule has 0 saturated heterocycles. The van der Waals surface area contributed by atoms with E-state index in [1.54, 1.807) is 6.92 Å². The molecule has 0 aliphatic carbocycles. The Morgan fingerprint density at radius 1 is 1.25 bits per heavy atom. The van der Waals surface area contributed by atoms with E-state index in [0.29, 0.717) is 12.1 Å². The van der Waals surface area contributed by atoms with Crippen molar-refractivity contribution in [3.05, 3.63) is 54.1 Å². The molecule has 10 nitrogen and oxygen atoms in total. The Balaban J connectivity index is 2.27. The van der Waals surface area contributed by atoms with Gasteiger partial charge in [-0.2, -0.15) is 0 Å². The number of allylic oxidation sites excluding steroid dienone is 1. The zero-order chi connectivity index (χ0) is 20.5. The molecule has 28 heavy (non-hydrogen) atoms. The predicted octanol–water partition coefficient (Wildman–Crippen LogP) is 1.27. The van der Waals surface area contributed by atoms with Crippen LogP contribution in [0.5, 0.6) is 0 Å². The summed E-state index contributed by atoms with van der Waals surface area (Å²) in [7, 11) is 0. The molecule has 2 amide bonds. The van der Waals surface area contributed by atoms with E-state index >= 15 is 0 Å². The van der Waals surface area contributed by atoms with Crippen molar-refractivity contribution in [1.29, 1.82) is 5.41 Å². The van der Waals surface area contributed by atoms with Gasteiger partial charge in [0.25, 0.3) is 5.91 Å². The molecule has 0 radical (unpaired) electrons. The van der Waals surface area contributed by atoms with Gasteiger partial charge in [-0.25, -0.2) is 9.97 Å². The Labute approximate surface area is 161 Å². The molecule has 0 fully saturated rings. The molecular weight excluding hydrogens is 360 g/mol. The number of carbonyl (C=O) groups is 2. The highest BCUT2D eigenvalue weighted by Crippen LogP contribution is 2.16. The van der Waals surface area contributed by atoms with Crippen LogP contribution < -0.4 is 27.4 Å². The highest BCUT2D eigenvalue weighted by atomic mass is 16.1. The third kappa shape index (κ3) is 5.53. The third-order valence-corrected chi connectivity index (χ3v) is 3.67. The molecule has 0 saturated carbocycles. The summed E-state index contributed by atoms with van der Waals surface area (Å²) >= 11 is 0. The van der Waals surface area contributed by atoms with Crippen molar-refractivity contribution in [2.75, 3.05) is 16.0 Å². The maximum atomic E-state index is 11.7. The van der Waals surface area contributed by atoms with Gasteiger partial charge in [0.15, 0.2) is 11.5 Å².